The summed E-state index contributed by atoms with van der Waals surface area (Å²) < 4.78 is 7.88. The molecule has 2 fully saturated rings. The number of amides is 2. The van der Waals surface area contributed by atoms with Crippen LogP contribution in [-0.4, -0.2) is 67.8 Å². The van der Waals surface area contributed by atoms with Crippen molar-refractivity contribution in [2.45, 2.75) is 32.9 Å². The van der Waals surface area contributed by atoms with E-state index >= 15 is 0 Å². The number of carbonyl (C=O) groups is 3. The number of hydrogen-bond acceptors (Lipinski definition) is 6. The maximum atomic E-state index is 12.7. The van der Waals surface area contributed by atoms with Crippen LogP contribution >= 0.6 is 58.2 Å². The number of nitrogens with one attached hydrogen (secondary N) is 1. The molecule has 1 aromatic carbocycles. The molecule has 12 heteroatoms. The lowest BCUT2D eigenvalue weighted by molar-refractivity contribution is -0.164. The fraction of sp³-hybridized carbons (Fsp3) is 0.500. The van der Waals surface area contributed by atoms with E-state index in [0.29, 0.717) is 5.75 Å². The van der Waals surface area contributed by atoms with Gasteiger partial charge >= 0.3 is 5.97 Å². The summed E-state index contributed by atoms with van der Waals surface area (Å²) in [6, 6.07) is 7.07. The second-order valence-electron chi connectivity index (χ2n) is 6.97. The van der Waals surface area contributed by atoms with Gasteiger partial charge in [0.2, 0.25) is 9.70 Å². The highest BCUT2D eigenvalue weighted by molar-refractivity contribution is 8.01. The summed E-state index contributed by atoms with van der Waals surface area (Å²) >= 11 is 24.3. The summed E-state index contributed by atoms with van der Waals surface area (Å²) in [5, 5.41) is 2.19. The summed E-state index contributed by atoms with van der Waals surface area (Å²) in [6.45, 7) is 1.04. The smallest absolute Gasteiger partial charge is 0.330 e. The van der Waals surface area contributed by atoms with Gasteiger partial charge in [-0.15, -0.1) is 23.4 Å². The van der Waals surface area contributed by atoms with Gasteiger partial charge in [0.15, 0.2) is 6.61 Å². The molecule has 2 saturated heterocycles. The minimum atomic E-state index is -1.77. The molecule has 0 radical (unpaired) electrons. The third kappa shape index (κ3) is 5.05. The molecular weight excluding hydrogens is 498 g/mol. The minimum absolute atomic E-state index is 0.0727. The van der Waals surface area contributed by atoms with Gasteiger partial charge in [0.05, 0.1) is 4.75 Å². The van der Waals surface area contributed by atoms with Crippen molar-refractivity contribution >= 4 is 75.9 Å². The standard InChI is InChI=1S/C18H18Cl4N2O5S/c1-17(8-19)13(16(27)29-9-18(20,21)22)24-14(26)12(15(24)30-17)23-11(25)7-28-10-5-3-2-4-6-10/h2-6,12-13,15H,7-9H2,1H3,(H,23,25)/t12-,13+,15-,17+/m1/s1. The number of alkyl halides is 4. The van der Waals surface area contributed by atoms with Crippen molar-refractivity contribution in [2.75, 3.05) is 19.1 Å². The van der Waals surface area contributed by atoms with Crippen LogP contribution in [0.2, 0.25) is 0 Å². The predicted octanol–water partition coefficient (Wildman–Crippen LogP) is 2.74. The normalized spacial score (nSPS) is 27.8. The van der Waals surface area contributed by atoms with E-state index in [2.05, 4.69) is 5.32 Å². The van der Waals surface area contributed by atoms with Crippen molar-refractivity contribution in [1.29, 1.82) is 0 Å². The quantitative estimate of drug-likeness (QED) is 0.341. The van der Waals surface area contributed by atoms with Gasteiger partial charge in [0.1, 0.15) is 29.8 Å². The summed E-state index contributed by atoms with van der Waals surface area (Å²) in [4.78, 5) is 38.9. The molecule has 1 N–H and O–H groups in total. The van der Waals surface area contributed by atoms with Crippen LogP contribution in [0.1, 0.15) is 6.92 Å². The predicted molar refractivity (Wildman–Crippen MR) is 116 cm³/mol. The number of carbonyl (C=O) groups excluding carboxylic acids is 3. The molecule has 4 atom stereocenters. The van der Waals surface area contributed by atoms with Crippen molar-refractivity contribution < 1.29 is 23.9 Å². The molecule has 7 nitrogen and oxygen atoms in total. The average Bonchev–Trinajstić information content (AvgIpc) is 2.99. The first-order valence-electron chi connectivity index (χ1n) is 8.82. The van der Waals surface area contributed by atoms with E-state index in [1.165, 1.54) is 16.7 Å². The Balaban J connectivity index is 1.62. The Labute approximate surface area is 197 Å². The van der Waals surface area contributed by atoms with E-state index in [4.69, 9.17) is 55.9 Å². The summed E-state index contributed by atoms with van der Waals surface area (Å²) in [6.07, 6.45) is 0. The molecule has 2 heterocycles. The highest BCUT2D eigenvalue weighted by Crippen LogP contribution is 2.51. The maximum absolute atomic E-state index is 12.7. The van der Waals surface area contributed by atoms with Crippen molar-refractivity contribution in [2.24, 2.45) is 0 Å². The van der Waals surface area contributed by atoms with Gasteiger partial charge in [-0.1, -0.05) is 53.0 Å². The molecule has 1 aromatic rings. The zero-order valence-corrected chi connectivity index (χ0v) is 19.5. The first-order valence-corrected chi connectivity index (χ1v) is 11.4. The molecule has 0 saturated carbocycles. The average molecular weight is 516 g/mol. The van der Waals surface area contributed by atoms with Crippen LogP contribution in [0.25, 0.3) is 0 Å². The van der Waals surface area contributed by atoms with Crippen LogP contribution in [0.5, 0.6) is 5.75 Å². The van der Waals surface area contributed by atoms with E-state index in [0.717, 1.165) is 0 Å². The second-order valence-corrected chi connectivity index (χ2v) is 11.4. The summed E-state index contributed by atoms with van der Waals surface area (Å²) in [5.41, 5.74) is 0. The lowest BCUT2D eigenvalue weighted by atomic mass is 9.96. The molecule has 2 aliphatic heterocycles. The summed E-state index contributed by atoms with van der Waals surface area (Å²) in [5.74, 6) is -0.970. The van der Waals surface area contributed by atoms with Crippen LogP contribution in [0.3, 0.4) is 0 Å². The maximum Gasteiger partial charge on any atom is 0.330 e. The SMILES string of the molecule is C[C@@]1(CCl)S[C@@H]2[C@H](NC(=O)COc3ccccc3)C(=O)N2[C@H]1C(=O)OCC(Cl)(Cl)Cl. The Morgan fingerprint density at radius 1 is 1.27 bits per heavy atom. The van der Waals surface area contributed by atoms with Gasteiger partial charge in [-0.3, -0.25) is 9.59 Å². The molecule has 0 bridgehead atoms. The molecule has 0 aliphatic carbocycles. The zero-order chi connectivity index (χ0) is 22.1. The van der Waals surface area contributed by atoms with Crippen LogP contribution in [0.15, 0.2) is 30.3 Å². The van der Waals surface area contributed by atoms with Crippen molar-refractivity contribution in [3.63, 3.8) is 0 Å². The number of ether oxygens (including phenoxy) is 2. The van der Waals surface area contributed by atoms with E-state index in [-0.39, 0.29) is 12.5 Å². The van der Waals surface area contributed by atoms with Gasteiger partial charge in [0, 0.05) is 5.88 Å². The second kappa shape index (κ2) is 9.20. The summed E-state index contributed by atoms with van der Waals surface area (Å²) in [7, 11) is 0. The zero-order valence-electron chi connectivity index (χ0n) is 15.6. The number of halogens is 4. The Morgan fingerprint density at radius 3 is 2.53 bits per heavy atom. The van der Waals surface area contributed by atoms with E-state index in [9.17, 15) is 14.4 Å². The first kappa shape index (κ1) is 23.6. The lowest BCUT2D eigenvalue weighted by Gasteiger charge is -2.44. The number of thioether (sulfide) groups is 1. The number of fused-ring (bicyclic) bond motifs is 1. The number of esters is 1. The highest BCUT2D eigenvalue weighted by atomic mass is 35.6. The van der Waals surface area contributed by atoms with Crippen LogP contribution in [-0.2, 0) is 19.1 Å². The van der Waals surface area contributed by atoms with E-state index < -0.39 is 50.4 Å². The number of benzene rings is 1. The van der Waals surface area contributed by atoms with Gasteiger partial charge in [-0.2, -0.15) is 0 Å². The van der Waals surface area contributed by atoms with Crippen LogP contribution in [0.4, 0.5) is 0 Å². The number of nitrogens with zero attached hydrogens (tertiary/aromatic N) is 1. The topological polar surface area (TPSA) is 84.9 Å². The Kier molecular flexibility index (Phi) is 7.24. The monoisotopic (exact) mass is 514 g/mol. The Bertz CT molecular complexity index is 825. The molecule has 30 heavy (non-hydrogen) atoms. The number of para-hydroxylation sites is 1. The van der Waals surface area contributed by atoms with Crippen LogP contribution < -0.4 is 10.1 Å². The molecule has 0 spiro atoms. The minimum Gasteiger partial charge on any atom is -0.484 e. The van der Waals surface area contributed by atoms with Crippen molar-refractivity contribution in [1.82, 2.24) is 10.2 Å². The Hall–Kier alpha value is -1.06. The van der Waals surface area contributed by atoms with E-state index in [1.807, 2.05) is 6.07 Å². The van der Waals surface area contributed by atoms with Gasteiger partial charge < -0.3 is 19.7 Å². The molecular formula is C18H18Cl4N2O5S. The molecule has 3 rings (SSSR count). The number of hydrogen-bond donors (Lipinski definition) is 1. The Morgan fingerprint density at radius 2 is 1.93 bits per heavy atom. The van der Waals surface area contributed by atoms with Crippen LogP contribution in [0, 0.1) is 0 Å². The van der Waals surface area contributed by atoms with Gasteiger partial charge in [0.25, 0.3) is 5.91 Å². The molecule has 2 aliphatic rings. The fourth-order valence-corrected chi connectivity index (χ4v) is 5.34. The van der Waals surface area contributed by atoms with Crippen molar-refractivity contribution in [3.8, 4) is 5.75 Å². The fourth-order valence-electron chi connectivity index (χ4n) is 3.23. The third-order valence-corrected chi connectivity index (χ3v) is 7.31. The number of rotatable bonds is 7. The number of β-lactam (4-membered cyclic amide) rings is 1. The molecule has 2 amide bonds. The third-order valence-electron chi connectivity index (χ3n) is 4.62. The first-order chi connectivity index (χ1) is 14.1. The van der Waals surface area contributed by atoms with E-state index in [1.54, 1.807) is 31.2 Å². The van der Waals surface area contributed by atoms with Crippen molar-refractivity contribution in [3.05, 3.63) is 30.3 Å². The molecule has 0 aromatic heterocycles. The lowest BCUT2D eigenvalue weighted by Crippen LogP contribution is -2.71. The highest BCUT2D eigenvalue weighted by Gasteiger charge is 2.65. The van der Waals surface area contributed by atoms with Gasteiger partial charge in [-0.05, 0) is 19.1 Å². The molecule has 0 unspecified atom stereocenters. The molecule has 164 valence electrons. The largest absolute Gasteiger partial charge is 0.484 e. The van der Waals surface area contributed by atoms with Gasteiger partial charge in [-0.25, -0.2) is 4.79 Å².